The number of allylic oxidation sites excluding steroid dienone is 1. The molecule has 6 nitrogen and oxygen atoms in total. The summed E-state index contributed by atoms with van der Waals surface area (Å²) in [6, 6.07) is 0. The highest BCUT2D eigenvalue weighted by atomic mass is 35.5. The Morgan fingerprint density at radius 2 is 1.49 bits per heavy atom. The standard InChI is InChI=1S/C43H77N3O3.2ClH/c1-32(2)16-15-17-33(3)37-21-22-38-36-20-19-34-30-35(23-25-42(34,4)39(36)24-26-43(37,38)5)49-41(48)31-46(40(47)18-11-10-13-28-45)29-14-9-7-6-8-12-27-44;;/h19,32-33,35-39H,6-18,20-31,44-45H2,1-5H3;2*1H/t33?,35-,36-,37+,38-,39-,42-,43+;;/m0../s1. The Bertz CT molecular complexity index is 1070. The summed E-state index contributed by atoms with van der Waals surface area (Å²) in [5.41, 5.74) is 13.6. The molecule has 8 heteroatoms. The minimum absolute atomic E-state index is 0. The molecule has 8 atom stereocenters. The van der Waals surface area contributed by atoms with Crippen LogP contribution in [0.5, 0.6) is 0 Å². The lowest BCUT2D eigenvalue weighted by Gasteiger charge is -2.58. The van der Waals surface area contributed by atoms with Gasteiger partial charge in [-0.1, -0.05) is 97.6 Å². The number of fused-ring (bicyclic) bond motifs is 5. The van der Waals surface area contributed by atoms with Gasteiger partial charge >= 0.3 is 5.97 Å². The maximum absolute atomic E-state index is 13.4. The summed E-state index contributed by atoms with van der Waals surface area (Å²) in [6.45, 7) is 14.7. The highest BCUT2D eigenvalue weighted by Crippen LogP contribution is 2.67. The van der Waals surface area contributed by atoms with Gasteiger partial charge in [-0.05, 0) is 130 Å². The maximum atomic E-state index is 13.4. The SMILES string of the molecule is CC(C)CCCC(C)[C@H]1CC[C@H]2[C@@H]3CC=C4C[C@@H](OC(=O)CN(CCCCCCCCN)C(=O)CCCCCN)CC[C@]4(C)[C@H]3CC[C@]12C.Cl.Cl. The molecule has 0 aliphatic heterocycles. The van der Waals surface area contributed by atoms with Crippen LogP contribution in [0.2, 0.25) is 0 Å². The van der Waals surface area contributed by atoms with Crippen molar-refractivity contribution in [3.8, 4) is 0 Å². The highest BCUT2D eigenvalue weighted by Gasteiger charge is 2.59. The summed E-state index contributed by atoms with van der Waals surface area (Å²) in [5, 5.41) is 0. The summed E-state index contributed by atoms with van der Waals surface area (Å²) < 4.78 is 6.19. The normalized spacial score (nSPS) is 30.2. The summed E-state index contributed by atoms with van der Waals surface area (Å²) in [6.07, 6.45) is 26.2. The molecule has 0 saturated heterocycles. The van der Waals surface area contributed by atoms with Gasteiger partial charge in [0, 0.05) is 19.4 Å². The van der Waals surface area contributed by atoms with Gasteiger partial charge in [0.2, 0.25) is 5.91 Å². The zero-order valence-electron chi connectivity index (χ0n) is 33.4. The molecular formula is C43H79Cl2N3O3. The Morgan fingerprint density at radius 1 is 0.824 bits per heavy atom. The van der Waals surface area contributed by atoms with Crippen LogP contribution < -0.4 is 11.5 Å². The van der Waals surface area contributed by atoms with Crippen LogP contribution in [0.4, 0.5) is 0 Å². The van der Waals surface area contributed by atoms with Crippen LogP contribution in [0.15, 0.2) is 11.6 Å². The van der Waals surface area contributed by atoms with E-state index in [4.69, 9.17) is 16.2 Å². The van der Waals surface area contributed by atoms with Crippen LogP contribution in [0.3, 0.4) is 0 Å². The Kier molecular flexibility index (Phi) is 20.5. The molecular weight excluding hydrogens is 677 g/mol. The first kappa shape index (κ1) is 46.3. The Balaban J connectivity index is 0.00000451. The molecule has 4 aliphatic rings. The van der Waals surface area contributed by atoms with Crippen LogP contribution in [-0.4, -0.2) is 49.1 Å². The second-order valence-electron chi connectivity index (χ2n) is 18.0. The molecule has 3 saturated carbocycles. The number of ether oxygens (including phenoxy) is 1. The number of nitrogens with zero attached hydrogens (tertiary/aromatic N) is 1. The number of esters is 1. The fourth-order valence-corrected chi connectivity index (χ4v) is 11.3. The molecule has 0 spiro atoms. The third kappa shape index (κ3) is 12.3. The van der Waals surface area contributed by atoms with E-state index in [2.05, 4.69) is 40.7 Å². The second-order valence-corrected chi connectivity index (χ2v) is 18.0. The molecule has 0 heterocycles. The van der Waals surface area contributed by atoms with Gasteiger partial charge in [-0.2, -0.15) is 0 Å². The van der Waals surface area contributed by atoms with E-state index in [0.717, 1.165) is 106 Å². The van der Waals surface area contributed by atoms with Crippen LogP contribution in [0, 0.1) is 46.3 Å². The van der Waals surface area contributed by atoms with E-state index in [-0.39, 0.29) is 54.8 Å². The van der Waals surface area contributed by atoms with Gasteiger partial charge in [-0.3, -0.25) is 9.59 Å². The monoisotopic (exact) mass is 756 g/mol. The van der Waals surface area contributed by atoms with Gasteiger partial charge in [0.05, 0.1) is 0 Å². The average molecular weight is 757 g/mol. The Hall–Kier alpha value is -0.820. The zero-order chi connectivity index (χ0) is 35.4. The number of hydrogen-bond acceptors (Lipinski definition) is 5. The van der Waals surface area contributed by atoms with Crippen molar-refractivity contribution in [3.05, 3.63) is 11.6 Å². The predicted molar refractivity (Wildman–Crippen MR) is 218 cm³/mol. The topological polar surface area (TPSA) is 98.6 Å². The minimum Gasteiger partial charge on any atom is -0.461 e. The van der Waals surface area contributed by atoms with Crippen molar-refractivity contribution in [2.24, 2.45) is 57.8 Å². The van der Waals surface area contributed by atoms with E-state index in [1.165, 1.54) is 64.2 Å². The molecule has 0 bridgehead atoms. The van der Waals surface area contributed by atoms with Gasteiger partial charge in [0.1, 0.15) is 12.6 Å². The fraction of sp³-hybridized carbons (Fsp3) is 0.907. The number of nitrogens with two attached hydrogens (primary N) is 2. The van der Waals surface area contributed by atoms with E-state index in [9.17, 15) is 9.59 Å². The molecule has 0 radical (unpaired) electrons. The van der Waals surface area contributed by atoms with Crippen molar-refractivity contribution < 1.29 is 14.3 Å². The molecule has 0 aromatic rings. The van der Waals surface area contributed by atoms with E-state index in [1.54, 1.807) is 10.5 Å². The number of carbonyl (C=O) groups excluding carboxylic acids is 2. The van der Waals surface area contributed by atoms with Gasteiger partial charge in [0.25, 0.3) is 0 Å². The van der Waals surface area contributed by atoms with Crippen molar-refractivity contribution in [2.75, 3.05) is 26.2 Å². The first-order chi connectivity index (χ1) is 23.5. The molecule has 1 unspecified atom stereocenters. The van der Waals surface area contributed by atoms with Crippen molar-refractivity contribution >= 4 is 36.7 Å². The van der Waals surface area contributed by atoms with Crippen molar-refractivity contribution in [2.45, 2.75) is 176 Å². The van der Waals surface area contributed by atoms with Crippen molar-refractivity contribution in [1.82, 2.24) is 4.90 Å². The number of unbranched alkanes of at least 4 members (excludes halogenated alkanes) is 7. The predicted octanol–water partition coefficient (Wildman–Crippen LogP) is 10.4. The molecule has 4 aliphatic carbocycles. The summed E-state index contributed by atoms with van der Waals surface area (Å²) in [5.74, 6) is 4.83. The van der Waals surface area contributed by atoms with Crippen LogP contribution in [0.1, 0.15) is 169 Å². The van der Waals surface area contributed by atoms with Gasteiger partial charge in [0.15, 0.2) is 0 Å². The van der Waals surface area contributed by atoms with Gasteiger partial charge in [-0.15, -0.1) is 24.8 Å². The molecule has 1 amide bonds. The number of halogens is 2. The zero-order valence-corrected chi connectivity index (χ0v) is 35.1. The molecule has 298 valence electrons. The minimum atomic E-state index is -0.228. The largest absolute Gasteiger partial charge is 0.461 e. The fourth-order valence-electron chi connectivity index (χ4n) is 11.3. The second kappa shape index (κ2) is 22.5. The van der Waals surface area contributed by atoms with Crippen LogP contribution >= 0.6 is 24.8 Å². The van der Waals surface area contributed by atoms with Gasteiger partial charge in [-0.25, -0.2) is 0 Å². The average Bonchev–Trinajstić information content (AvgIpc) is 3.43. The summed E-state index contributed by atoms with van der Waals surface area (Å²) in [7, 11) is 0. The van der Waals surface area contributed by atoms with Crippen molar-refractivity contribution in [1.29, 1.82) is 0 Å². The molecule has 0 aromatic heterocycles. The van der Waals surface area contributed by atoms with Crippen molar-refractivity contribution in [3.63, 3.8) is 0 Å². The van der Waals surface area contributed by atoms with Crippen LogP contribution in [-0.2, 0) is 14.3 Å². The highest BCUT2D eigenvalue weighted by molar-refractivity contribution is 5.85. The lowest BCUT2D eigenvalue weighted by molar-refractivity contribution is -0.156. The number of rotatable bonds is 21. The number of amides is 1. The van der Waals surface area contributed by atoms with Crippen LogP contribution in [0.25, 0.3) is 0 Å². The molecule has 4 rings (SSSR count). The van der Waals surface area contributed by atoms with E-state index >= 15 is 0 Å². The van der Waals surface area contributed by atoms with E-state index in [0.29, 0.717) is 24.9 Å². The van der Waals surface area contributed by atoms with E-state index < -0.39 is 0 Å². The number of hydrogen-bond donors (Lipinski definition) is 2. The molecule has 0 aromatic carbocycles. The third-order valence-corrected chi connectivity index (χ3v) is 14.2. The number of carbonyl (C=O) groups is 2. The quantitative estimate of drug-likeness (QED) is 0.0690. The Labute approximate surface area is 326 Å². The molecule has 4 N–H and O–H groups in total. The summed E-state index contributed by atoms with van der Waals surface area (Å²) in [4.78, 5) is 28.3. The van der Waals surface area contributed by atoms with E-state index in [1.807, 2.05) is 0 Å². The maximum Gasteiger partial charge on any atom is 0.325 e. The first-order valence-electron chi connectivity index (χ1n) is 21.1. The lowest BCUT2D eigenvalue weighted by atomic mass is 9.47. The summed E-state index contributed by atoms with van der Waals surface area (Å²) >= 11 is 0. The Morgan fingerprint density at radius 3 is 2.18 bits per heavy atom. The lowest BCUT2D eigenvalue weighted by Crippen LogP contribution is -2.51. The smallest absolute Gasteiger partial charge is 0.325 e. The first-order valence-corrected chi connectivity index (χ1v) is 21.1. The van der Waals surface area contributed by atoms with Gasteiger partial charge < -0.3 is 21.1 Å². The molecule has 3 fully saturated rings. The molecule has 51 heavy (non-hydrogen) atoms. The third-order valence-electron chi connectivity index (χ3n) is 14.2.